The number of nitrogens with zero attached hydrogens (tertiary/aromatic N) is 2. The molecule has 0 saturated carbocycles. The molecule has 1 rings (SSSR count). The molecule has 0 heterocycles. The van der Waals surface area contributed by atoms with E-state index in [1.165, 1.54) is 19.1 Å². The number of hydrogen-bond donors (Lipinski definition) is 0. The number of nitriles is 1. The largest absolute Gasteiger partial charge is 0.496 e. The number of rotatable bonds is 5. The smallest absolute Gasteiger partial charge is 0.415 e. The van der Waals surface area contributed by atoms with Crippen LogP contribution in [0.5, 0.6) is 17.2 Å². The first-order chi connectivity index (χ1) is 9.10. The molecule has 0 radical (unpaired) electrons. The summed E-state index contributed by atoms with van der Waals surface area (Å²) in [4.78, 5) is 13.1. The first-order valence-corrected chi connectivity index (χ1v) is 5.63. The number of carbonyl (C=O) groups is 1. The fraction of sp³-hybridized carbons (Fsp3) is 0.385. The summed E-state index contributed by atoms with van der Waals surface area (Å²) < 4.78 is 15.3. The third-order valence-electron chi connectivity index (χ3n) is 2.40. The molecule has 0 aliphatic carbocycles. The molecular formula is C13H16N2O4. The second-order valence-electron chi connectivity index (χ2n) is 3.75. The van der Waals surface area contributed by atoms with Crippen molar-refractivity contribution in [3.8, 4) is 23.3 Å². The molecule has 1 aromatic carbocycles. The molecule has 19 heavy (non-hydrogen) atoms. The lowest BCUT2D eigenvalue weighted by atomic mass is 10.3. The van der Waals surface area contributed by atoms with Crippen LogP contribution in [0.3, 0.4) is 0 Å². The van der Waals surface area contributed by atoms with Gasteiger partial charge in [0.15, 0.2) is 0 Å². The van der Waals surface area contributed by atoms with Crippen LogP contribution in [0.25, 0.3) is 0 Å². The maximum absolute atomic E-state index is 11.7. The van der Waals surface area contributed by atoms with Crippen LogP contribution in [0.1, 0.15) is 6.42 Å². The molecule has 0 saturated heterocycles. The van der Waals surface area contributed by atoms with Gasteiger partial charge in [-0.25, -0.2) is 4.79 Å². The van der Waals surface area contributed by atoms with Crippen LogP contribution in [0.15, 0.2) is 18.2 Å². The molecule has 0 aromatic heterocycles. The average molecular weight is 264 g/mol. The summed E-state index contributed by atoms with van der Waals surface area (Å²) in [6.45, 7) is 0.316. The van der Waals surface area contributed by atoms with E-state index in [1.54, 1.807) is 25.2 Å². The van der Waals surface area contributed by atoms with Gasteiger partial charge in [-0.2, -0.15) is 5.26 Å². The molecule has 0 fully saturated rings. The number of methoxy groups -OCH3 is 2. The molecule has 0 aliphatic heterocycles. The lowest BCUT2D eigenvalue weighted by Gasteiger charge is -2.15. The number of amides is 1. The van der Waals surface area contributed by atoms with Crippen LogP contribution in [0.2, 0.25) is 0 Å². The van der Waals surface area contributed by atoms with E-state index in [-0.39, 0.29) is 6.42 Å². The monoisotopic (exact) mass is 264 g/mol. The molecule has 0 unspecified atom stereocenters. The van der Waals surface area contributed by atoms with Gasteiger partial charge in [-0.3, -0.25) is 0 Å². The van der Waals surface area contributed by atoms with Crippen molar-refractivity contribution in [2.24, 2.45) is 0 Å². The zero-order valence-corrected chi connectivity index (χ0v) is 11.2. The molecule has 1 amide bonds. The van der Waals surface area contributed by atoms with Crippen LogP contribution in [0, 0.1) is 11.3 Å². The van der Waals surface area contributed by atoms with Crippen molar-refractivity contribution in [3.05, 3.63) is 18.2 Å². The normalized spacial score (nSPS) is 9.37. The lowest BCUT2D eigenvalue weighted by molar-refractivity contribution is 0.163. The minimum Gasteiger partial charge on any atom is -0.496 e. The van der Waals surface area contributed by atoms with Gasteiger partial charge >= 0.3 is 6.09 Å². The predicted octanol–water partition coefficient (Wildman–Crippen LogP) is 2.05. The van der Waals surface area contributed by atoms with Crippen molar-refractivity contribution in [2.75, 3.05) is 27.8 Å². The summed E-state index contributed by atoms with van der Waals surface area (Å²) >= 11 is 0. The molecule has 0 N–H and O–H groups in total. The van der Waals surface area contributed by atoms with E-state index in [1.807, 2.05) is 6.07 Å². The van der Waals surface area contributed by atoms with Crippen molar-refractivity contribution >= 4 is 6.09 Å². The van der Waals surface area contributed by atoms with Gasteiger partial charge in [0.2, 0.25) is 0 Å². The maximum Gasteiger partial charge on any atom is 0.415 e. The number of benzene rings is 1. The molecule has 0 bridgehead atoms. The first kappa shape index (κ1) is 14.6. The third-order valence-corrected chi connectivity index (χ3v) is 2.40. The lowest BCUT2D eigenvalue weighted by Crippen LogP contribution is -2.30. The molecule has 0 aliphatic rings. The topological polar surface area (TPSA) is 71.8 Å². The highest BCUT2D eigenvalue weighted by molar-refractivity contribution is 5.70. The number of carbonyl (C=O) groups excluding carboxylic acids is 1. The minimum atomic E-state index is -0.537. The third kappa shape index (κ3) is 4.39. The van der Waals surface area contributed by atoms with Crippen molar-refractivity contribution in [3.63, 3.8) is 0 Å². The maximum atomic E-state index is 11.7. The van der Waals surface area contributed by atoms with Crippen LogP contribution >= 0.6 is 0 Å². The minimum absolute atomic E-state index is 0.257. The summed E-state index contributed by atoms with van der Waals surface area (Å²) in [6.07, 6.45) is -0.280. The Morgan fingerprint density at radius 3 is 2.21 bits per heavy atom. The van der Waals surface area contributed by atoms with E-state index < -0.39 is 6.09 Å². The Hall–Kier alpha value is -2.42. The Morgan fingerprint density at radius 1 is 1.21 bits per heavy atom. The molecule has 102 valence electrons. The van der Waals surface area contributed by atoms with Gasteiger partial charge < -0.3 is 19.1 Å². The highest BCUT2D eigenvalue weighted by Crippen LogP contribution is 2.27. The summed E-state index contributed by atoms with van der Waals surface area (Å²) in [5, 5.41) is 8.46. The van der Waals surface area contributed by atoms with Crippen LogP contribution in [-0.4, -0.2) is 38.8 Å². The van der Waals surface area contributed by atoms with Crippen molar-refractivity contribution in [1.29, 1.82) is 5.26 Å². The first-order valence-electron chi connectivity index (χ1n) is 5.63. The Bertz CT molecular complexity index is 460. The highest BCUT2D eigenvalue weighted by Gasteiger charge is 2.12. The number of ether oxygens (including phenoxy) is 3. The molecule has 0 spiro atoms. The molecule has 6 nitrogen and oxygen atoms in total. The van der Waals surface area contributed by atoms with Gasteiger partial charge in [0.05, 0.1) is 26.7 Å². The Kier molecular flexibility index (Phi) is 5.48. The van der Waals surface area contributed by atoms with Crippen molar-refractivity contribution < 1.29 is 19.0 Å². The van der Waals surface area contributed by atoms with Gasteiger partial charge in [-0.15, -0.1) is 0 Å². The van der Waals surface area contributed by atoms with E-state index in [2.05, 4.69) is 0 Å². The van der Waals surface area contributed by atoms with Gasteiger partial charge in [0, 0.05) is 31.8 Å². The molecule has 6 heteroatoms. The zero-order chi connectivity index (χ0) is 14.3. The fourth-order valence-electron chi connectivity index (χ4n) is 1.33. The Labute approximate surface area is 112 Å². The van der Waals surface area contributed by atoms with E-state index in [9.17, 15) is 4.79 Å². The van der Waals surface area contributed by atoms with Crippen LogP contribution in [-0.2, 0) is 0 Å². The van der Waals surface area contributed by atoms with Crippen molar-refractivity contribution in [1.82, 2.24) is 4.90 Å². The molecule has 1 aromatic rings. The molecule has 0 atom stereocenters. The zero-order valence-electron chi connectivity index (χ0n) is 11.2. The van der Waals surface area contributed by atoms with Crippen LogP contribution in [0.4, 0.5) is 4.79 Å². The SMILES string of the molecule is COc1cc(OC)cc(OC(=O)N(C)CCC#N)c1. The van der Waals surface area contributed by atoms with Gasteiger partial charge in [0.1, 0.15) is 17.2 Å². The summed E-state index contributed by atoms with van der Waals surface area (Å²) in [7, 11) is 4.59. The summed E-state index contributed by atoms with van der Waals surface area (Å²) in [5.74, 6) is 1.38. The second-order valence-corrected chi connectivity index (χ2v) is 3.75. The van der Waals surface area contributed by atoms with Gasteiger partial charge in [-0.05, 0) is 0 Å². The van der Waals surface area contributed by atoms with E-state index in [0.29, 0.717) is 23.8 Å². The van der Waals surface area contributed by atoms with E-state index >= 15 is 0 Å². The quantitative estimate of drug-likeness (QED) is 0.813. The molecular weight excluding hydrogens is 248 g/mol. The second kappa shape index (κ2) is 7.11. The average Bonchev–Trinajstić information content (AvgIpc) is 2.43. The summed E-state index contributed by atoms with van der Waals surface area (Å²) in [6, 6.07) is 6.81. The Balaban J connectivity index is 2.75. The van der Waals surface area contributed by atoms with Gasteiger partial charge in [-0.1, -0.05) is 0 Å². The predicted molar refractivity (Wildman–Crippen MR) is 68.4 cm³/mol. The summed E-state index contributed by atoms with van der Waals surface area (Å²) in [5.41, 5.74) is 0. The van der Waals surface area contributed by atoms with Crippen LogP contribution < -0.4 is 14.2 Å². The number of hydrogen-bond acceptors (Lipinski definition) is 5. The standard InChI is InChI=1S/C13H16N2O4/c1-15(6-4-5-14)13(16)19-12-8-10(17-2)7-11(9-12)18-3/h7-9H,4,6H2,1-3H3. The Morgan fingerprint density at radius 2 is 1.74 bits per heavy atom. The highest BCUT2D eigenvalue weighted by atomic mass is 16.6. The van der Waals surface area contributed by atoms with E-state index in [0.717, 1.165) is 0 Å². The van der Waals surface area contributed by atoms with E-state index in [4.69, 9.17) is 19.5 Å². The fourth-order valence-corrected chi connectivity index (χ4v) is 1.33. The van der Waals surface area contributed by atoms with Gasteiger partial charge in [0.25, 0.3) is 0 Å². The van der Waals surface area contributed by atoms with Crippen molar-refractivity contribution in [2.45, 2.75) is 6.42 Å².